The molecule has 0 radical (unpaired) electrons. The standard InChI is InChI=1S/C17H17NOS/c1-4-18(14(3)20-12-11-19)17-10-9-13(2)15-7-5-6-8-16(15)17/h4-11H,1,3,12H2,2H3. The molecule has 2 aromatic rings. The van der Waals surface area contributed by atoms with Gasteiger partial charge in [-0.1, -0.05) is 43.5 Å². The summed E-state index contributed by atoms with van der Waals surface area (Å²) in [6, 6.07) is 12.4. The van der Waals surface area contributed by atoms with E-state index in [1.165, 1.54) is 22.7 Å². The van der Waals surface area contributed by atoms with Crippen molar-refractivity contribution in [3.05, 3.63) is 66.3 Å². The van der Waals surface area contributed by atoms with Gasteiger partial charge in [0.05, 0.1) is 16.5 Å². The second kappa shape index (κ2) is 6.44. The molecule has 0 unspecified atom stereocenters. The van der Waals surface area contributed by atoms with E-state index in [-0.39, 0.29) is 0 Å². The van der Waals surface area contributed by atoms with E-state index in [2.05, 4.69) is 44.3 Å². The summed E-state index contributed by atoms with van der Waals surface area (Å²) in [5.41, 5.74) is 2.27. The average molecular weight is 283 g/mol. The van der Waals surface area contributed by atoms with Crippen molar-refractivity contribution in [3.63, 3.8) is 0 Å². The molecule has 0 saturated carbocycles. The fourth-order valence-electron chi connectivity index (χ4n) is 2.18. The van der Waals surface area contributed by atoms with Crippen LogP contribution < -0.4 is 4.90 Å². The second-order valence-corrected chi connectivity index (χ2v) is 5.46. The number of anilines is 1. The van der Waals surface area contributed by atoms with Crippen LogP contribution in [0.1, 0.15) is 5.56 Å². The molecule has 102 valence electrons. The molecule has 0 aliphatic carbocycles. The van der Waals surface area contributed by atoms with E-state index in [1.807, 2.05) is 17.0 Å². The number of rotatable bonds is 6. The molecule has 0 N–H and O–H groups in total. The number of aryl methyl sites for hydroxylation is 1. The number of hydrogen-bond donors (Lipinski definition) is 0. The minimum Gasteiger partial charge on any atom is -0.312 e. The van der Waals surface area contributed by atoms with E-state index in [4.69, 9.17) is 0 Å². The van der Waals surface area contributed by atoms with Gasteiger partial charge < -0.3 is 9.69 Å². The van der Waals surface area contributed by atoms with Crippen LogP contribution in [0, 0.1) is 6.92 Å². The summed E-state index contributed by atoms with van der Waals surface area (Å²) in [4.78, 5) is 12.4. The van der Waals surface area contributed by atoms with Gasteiger partial charge in [0.2, 0.25) is 0 Å². The van der Waals surface area contributed by atoms with Crippen molar-refractivity contribution in [2.75, 3.05) is 10.7 Å². The van der Waals surface area contributed by atoms with Crippen molar-refractivity contribution >= 4 is 34.5 Å². The summed E-state index contributed by atoms with van der Waals surface area (Å²) >= 11 is 1.41. The Kier molecular flexibility index (Phi) is 4.64. The average Bonchev–Trinajstić information content (AvgIpc) is 2.48. The molecular formula is C17H17NOS. The maximum absolute atomic E-state index is 10.5. The van der Waals surface area contributed by atoms with Crippen molar-refractivity contribution in [1.82, 2.24) is 0 Å². The van der Waals surface area contributed by atoms with E-state index < -0.39 is 0 Å². The lowest BCUT2D eigenvalue weighted by atomic mass is 10.0. The van der Waals surface area contributed by atoms with Gasteiger partial charge in [-0.3, -0.25) is 0 Å². The van der Waals surface area contributed by atoms with E-state index >= 15 is 0 Å². The quantitative estimate of drug-likeness (QED) is 0.728. The molecule has 0 aliphatic heterocycles. The van der Waals surface area contributed by atoms with Gasteiger partial charge in [-0.15, -0.1) is 11.8 Å². The Morgan fingerprint density at radius 3 is 2.60 bits per heavy atom. The first-order valence-electron chi connectivity index (χ1n) is 6.34. The second-order valence-electron chi connectivity index (χ2n) is 4.37. The van der Waals surface area contributed by atoms with Gasteiger partial charge in [0.1, 0.15) is 6.29 Å². The SMILES string of the molecule is C=CN(C(=C)SCC=O)c1ccc(C)c2ccccc12. The molecular weight excluding hydrogens is 266 g/mol. The van der Waals surface area contributed by atoms with Crippen molar-refractivity contribution < 1.29 is 4.79 Å². The molecule has 2 aromatic carbocycles. The Balaban J connectivity index is 2.50. The number of nitrogens with zero attached hydrogens (tertiary/aromatic N) is 1. The lowest BCUT2D eigenvalue weighted by Crippen LogP contribution is -2.12. The molecule has 0 atom stereocenters. The van der Waals surface area contributed by atoms with Crippen LogP contribution in [0.2, 0.25) is 0 Å². The minimum atomic E-state index is 0.396. The Bertz CT molecular complexity index is 663. The van der Waals surface area contributed by atoms with Crippen LogP contribution in [0.3, 0.4) is 0 Å². The highest BCUT2D eigenvalue weighted by molar-refractivity contribution is 8.03. The van der Waals surface area contributed by atoms with E-state index in [0.29, 0.717) is 5.75 Å². The fraction of sp³-hybridized carbons (Fsp3) is 0.118. The van der Waals surface area contributed by atoms with Gasteiger partial charge in [-0.05, 0) is 23.9 Å². The predicted octanol–water partition coefficient (Wildman–Crippen LogP) is 4.50. The molecule has 0 heterocycles. The third kappa shape index (κ3) is 2.78. The number of benzene rings is 2. The van der Waals surface area contributed by atoms with E-state index in [1.54, 1.807) is 6.20 Å². The maximum Gasteiger partial charge on any atom is 0.130 e. The summed E-state index contributed by atoms with van der Waals surface area (Å²) < 4.78 is 0. The Hall–Kier alpha value is -2.00. The molecule has 20 heavy (non-hydrogen) atoms. The topological polar surface area (TPSA) is 20.3 Å². The zero-order chi connectivity index (χ0) is 14.5. The molecule has 0 fully saturated rings. The molecule has 2 rings (SSSR count). The fourth-order valence-corrected chi connectivity index (χ4v) is 2.75. The van der Waals surface area contributed by atoms with Crippen molar-refractivity contribution in [3.8, 4) is 0 Å². The van der Waals surface area contributed by atoms with Gasteiger partial charge in [-0.2, -0.15) is 0 Å². The molecule has 0 saturated heterocycles. The first-order valence-corrected chi connectivity index (χ1v) is 7.33. The summed E-state index contributed by atoms with van der Waals surface area (Å²) in [6.07, 6.45) is 2.61. The number of carbonyl (C=O) groups excluding carboxylic acids is 1. The Morgan fingerprint density at radius 2 is 1.95 bits per heavy atom. The van der Waals surface area contributed by atoms with Crippen LogP contribution in [0.4, 0.5) is 5.69 Å². The zero-order valence-electron chi connectivity index (χ0n) is 11.5. The molecule has 0 aliphatic rings. The molecule has 3 heteroatoms. The number of hydrogen-bond acceptors (Lipinski definition) is 3. The van der Waals surface area contributed by atoms with Gasteiger partial charge in [-0.25, -0.2) is 0 Å². The first kappa shape index (κ1) is 14.4. The zero-order valence-corrected chi connectivity index (χ0v) is 12.3. The monoisotopic (exact) mass is 283 g/mol. The third-order valence-electron chi connectivity index (χ3n) is 3.15. The lowest BCUT2D eigenvalue weighted by molar-refractivity contribution is -0.105. The van der Waals surface area contributed by atoms with Gasteiger partial charge >= 0.3 is 0 Å². The highest BCUT2D eigenvalue weighted by atomic mass is 32.2. The number of aldehydes is 1. The van der Waals surface area contributed by atoms with Gasteiger partial charge in [0.15, 0.2) is 0 Å². The first-order chi connectivity index (χ1) is 9.69. The number of carbonyl (C=O) groups is 1. The van der Waals surface area contributed by atoms with Crippen LogP contribution in [0.5, 0.6) is 0 Å². The number of thioether (sulfide) groups is 1. The summed E-state index contributed by atoms with van der Waals surface area (Å²) in [5, 5.41) is 3.16. The molecule has 0 amide bonds. The normalized spacial score (nSPS) is 10.2. The largest absolute Gasteiger partial charge is 0.312 e. The van der Waals surface area contributed by atoms with Crippen LogP contribution >= 0.6 is 11.8 Å². The van der Waals surface area contributed by atoms with Crippen molar-refractivity contribution in [2.45, 2.75) is 6.92 Å². The lowest BCUT2D eigenvalue weighted by Gasteiger charge is -2.23. The molecule has 0 aromatic heterocycles. The van der Waals surface area contributed by atoms with E-state index in [9.17, 15) is 4.79 Å². The minimum absolute atomic E-state index is 0.396. The van der Waals surface area contributed by atoms with Crippen LogP contribution in [0.15, 0.2) is 60.8 Å². The Labute approximate surface area is 123 Å². The highest BCUT2D eigenvalue weighted by Crippen LogP contribution is 2.33. The molecule has 0 spiro atoms. The van der Waals surface area contributed by atoms with Crippen LogP contribution in [-0.4, -0.2) is 12.0 Å². The number of fused-ring (bicyclic) bond motifs is 1. The molecule has 0 bridgehead atoms. The Morgan fingerprint density at radius 1 is 1.25 bits per heavy atom. The van der Waals surface area contributed by atoms with Crippen LogP contribution in [0.25, 0.3) is 10.8 Å². The van der Waals surface area contributed by atoms with Gasteiger partial charge in [0, 0.05) is 11.6 Å². The van der Waals surface area contributed by atoms with Gasteiger partial charge in [0.25, 0.3) is 0 Å². The smallest absolute Gasteiger partial charge is 0.130 e. The summed E-state index contributed by atoms with van der Waals surface area (Å²) in [6.45, 7) is 9.98. The van der Waals surface area contributed by atoms with Crippen molar-refractivity contribution in [1.29, 1.82) is 0 Å². The molecule has 2 nitrogen and oxygen atoms in total. The summed E-state index contributed by atoms with van der Waals surface area (Å²) in [7, 11) is 0. The highest BCUT2D eigenvalue weighted by Gasteiger charge is 2.11. The summed E-state index contributed by atoms with van der Waals surface area (Å²) in [5.74, 6) is 0.396. The predicted molar refractivity (Wildman–Crippen MR) is 89.0 cm³/mol. The third-order valence-corrected chi connectivity index (χ3v) is 3.98. The van der Waals surface area contributed by atoms with Crippen LogP contribution in [-0.2, 0) is 4.79 Å². The van der Waals surface area contributed by atoms with Crippen molar-refractivity contribution in [2.24, 2.45) is 0 Å². The van der Waals surface area contributed by atoms with E-state index in [0.717, 1.165) is 22.4 Å². The maximum atomic E-state index is 10.5.